The van der Waals surface area contributed by atoms with E-state index >= 15 is 0 Å². The van der Waals surface area contributed by atoms with Gasteiger partial charge in [0.1, 0.15) is 7.85 Å². The third kappa shape index (κ3) is 2.41. The molecule has 0 saturated heterocycles. The predicted molar refractivity (Wildman–Crippen MR) is 127 cm³/mol. The average molecular weight is 366 g/mol. The first-order valence-electron chi connectivity index (χ1n) is 10.1. The van der Waals surface area contributed by atoms with Crippen molar-refractivity contribution in [1.82, 2.24) is 0 Å². The number of benzene rings is 5. The van der Waals surface area contributed by atoms with Crippen molar-refractivity contribution >= 4 is 24.1 Å². The topological polar surface area (TPSA) is 0 Å². The summed E-state index contributed by atoms with van der Waals surface area (Å²) in [6.07, 6.45) is 0. The number of hydrogen-bond donors (Lipinski definition) is 0. The second kappa shape index (κ2) is 6.22. The Balaban J connectivity index is 1.59. The van der Waals surface area contributed by atoms with Crippen LogP contribution in [0.1, 0.15) is 0 Å². The summed E-state index contributed by atoms with van der Waals surface area (Å²) < 4.78 is 0. The Bertz CT molecular complexity index is 1400. The Morgan fingerprint density at radius 1 is 0.414 bits per heavy atom. The fourth-order valence-corrected chi connectivity index (χ4v) is 4.78. The molecule has 0 heterocycles. The van der Waals surface area contributed by atoms with Crippen LogP contribution >= 0.6 is 0 Å². The molecule has 134 valence electrons. The minimum Gasteiger partial charge on any atom is -0.0812 e. The van der Waals surface area contributed by atoms with Gasteiger partial charge in [0.05, 0.1) is 0 Å². The summed E-state index contributed by atoms with van der Waals surface area (Å²) >= 11 is 0. The third-order valence-corrected chi connectivity index (χ3v) is 6.18. The van der Waals surface area contributed by atoms with Crippen molar-refractivity contribution in [3.05, 3.63) is 103 Å². The molecule has 0 saturated carbocycles. The van der Waals surface area contributed by atoms with E-state index in [1.807, 2.05) is 0 Å². The molecule has 0 bridgehead atoms. The fraction of sp³-hybridized carbons (Fsp3) is 0. The van der Waals surface area contributed by atoms with Crippen LogP contribution in [0.15, 0.2) is 103 Å². The van der Waals surface area contributed by atoms with E-state index in [2.05, 4.69) is 111 Å². The molecule has 6 rings (SSSR count). The van der Waals surface area contributed by atoms with Gasteiger partial charge in [-0.1, -0.05) is 103 Å². The largest absolute Gasteiger partial charge is 0.140 e. The van der Waals surface area contributed by atoms with Crippen LogP contribution in [-0.2, 0) is 0 Å². The quantitative estimate of drug-likeness (QED) is 0.326. The van der Waals surface area contributed by atoms with Crippen molar-refractivity contribution in [3.8, 4) is 44.5 Å². The predicted octanol–water partition coefficient (Wildman–Crippen LogP) is 6.08. The molecule has 0 aliphatic heterocycles. The second-order valence-electron chi connectivity index (χ2n) is 7.83. The minimum atomic E-state index is 1.25. The molecule has 0 radical (unpaired) electrons. The lowest BCUT2D eigenvalue weighted by Crippen LogP contribution is -2.02. The molecule has 0 N–H and O–H groups in total. The summed E-state index contributed by atoms with van der Waals surface area (Å²) in [7, 11) is 2.20. The van der Waals surface area contributed by atoms with E-state index in [9.17, 15) is 0 Å². The highest BCUT2D eigenvalue weighted by molar-refractivity contribution is 6.40. The molecule has 5 aromatic carbocycles. The first-order chi connectivity index (χ1) is 14.3. The maximum absolute atomic E-state index is 2.38. The van der Waals surface area contributed by atoms with Gasteiger partial charge < -0.3 is 0 Å². The van der Waals surface area contributed by atoms with Gasteiger partial charge in [0.25, 0.3) is 0 Å². The molecule has 5 aromatic rings. The molecule has 1 aliphatic rings. The smallest absolute Gasteiger partial charge is 0.0812 e. The molecule has 29 heavy (non-hydrogen) atoms. The van der Waals surface area contributed by atoms with Crippen molar-refractivity contribution < 1.29 is 0 Å². The summed E-state index contributed by atoms with van der Waals surface area (Å²) in [4.78, 5) is 0. The fourth-order valence-electron chi connectivity index (χ4n) is 4.78. The van der Waals surface area contributed by atoms with Crippen LogP contribution in [0.5, 0.6) is 0 Å². The van der Waals surface area contributed by atoms with E-state index < -0.39 is 0 Å². The van der Waals surface area contributed by atoms with Gasteiger partial charge in [-0.2, -0.15) is 0 Å². The first kappa shape index (κ1) is 16.4. The SMILES string of the molecule is Bc1ccc2c3c(cccc13)-c1cc(-c3ccccc3-c3ccccc3)ccc1-2. The molecule has 0 unspecified atom stereocenters. The average Bonchev–Trinajstić information content (AvgIpc) is 3.11. The molecule has 0 amide bonds. The van der Waals surface area contributed by atoms with E-state index in [-0.39, 0.29) is 0 Å². The molecular weight excluding hydrogens is 347 g/mol. The summed E-state index contributed by atoms with van der Waals surface area (Å²) in [5.41, 5.74) is 11.8. The van der Waals surface area contributed by atoms with E-state index in [4.69, 9.17) is 0 Å². The van der Waals surface area contributed by atoms with E-state index in [1.165, 1.54) is 60.7 Å². The number of hydrogen-bond acceptors (Lipinski definition) is 0. The van der Waals surface area contributed by atoms with E-state index in [1.54, 1.807) is 0 Å². The zero-order valence-electron chi connectivity index (χ0n) is 16.3. The van der Waals surface area contributed by atoms with Crippen molar-refractivity contribution in [3.63, 3.8) is 0 Å². The van der Waals surface area contributed by atoms with E-state index in [0.29, 0.717) is 0 Å². The van der Waals surface area contributed by atoms with Crippen LogP contribution in [0.3, 0.4) is 0 Å². The van der Waals surface area contributed by atoms with Crippen molar-refractivity contribution in [2.45, 2.75) is 0 Å². The van der Waals surface area contributed by atoms with Crippen LogP contribution < -0.4 is 5.46 Å². The zero-order chi connectivity index (χ0) is 19.4. The molecule has 0 aromatic heterocycles. The summed E-state index contributed by atoms with van der Waals surface area (Å²) in [6, 6.07) is 37.5. The molecule has 1 aliphatic carbocycles. The second-order valence-corrected chi connectivity index (χ2v) is 7.83. The normalized spacial score (nSPS) is 11.6. The third-order valence-electron chi connectivity index (χ3n) is 6.18. The van der Waals surface area contributed by atoms with Gasteiger partial charge in [0.2, 0.25) is 0 Å². The molecular formula is C28H19B. The Labute approximate surface area is 171 Å². The van der Waals surface area contributed by atoms with Gasteiger partial charge >= 0.3 is 0 Å². The first-order valence-corrected chi connectivity index (χ1v) is 10.1. The van der Waals surface area contributed by atoms with Gasteiger partial charge in [-0.15, -0.1) is 0 Å². The monoisotopic (exact) mass is 366 g/mol. The standard InChI is InChI=1S/C28H19B/c29-27-16-15-24-22-14-13-19(17-26(22)23-11-6-12-25(27)28(23)24)21-10-5-4-9-20(21)18-7-2-1-3-8-18/h1-17H,29H2. The van der Waals surface area contributed by atoms with Crippen LogP contribution in [0.2, 0.25) is 0 Å². The Morgan fingerprint density at radius 2 is 1.07 bits per heavy atom. The van der Waals surface area contributed by atoms with Gasteiger partial charge in [0.15, 0.2) is 0 Å². The van der Waals surface area contributed by atoms with Gasteiger partial charge in [-0.25, -0.2) is 0 Å². The molecule has 0 fully saturated rings. The highest BCUT2D eigenvalue weighted by Crippen LogP contribution is 2.48. The van der Waals surface area contributed by atoms with E-state index in [0.717, 1.165) is 0 Å². The van der Waals surface area contributed by atoms with Crippen molar-refractivity contribution in [2.75, 3.05) is 0 Å². The van der Waals surface area contributed by atoms with Crippen molar-refractivity contribution in [2.24, 2.45) is 0 Å². The molecule has 0 spiro atoms. The number of fused-ring (bicyclic) bond motifs is 3. The highest BCUT2D eigenvalue weighted by Gasteiger charge is 2.22. The van der Waals surface area contributed by atoms with Crippen LogP contribution in [-0.4, -0.2) is 7.85 Å². The number of rotatable bonds is 2. The van der Waals surface area contributed by atoms with Gasteiger partial charge in [-0.3, -0.25) is 0 Å². The summed E-state index contributed by atoms with van der Waals surface area (Å²) in [5.74, 6) is 0. The molecule has 1 heteroatoms. The molecule has 0 nitrogen and oxygen atoms in total. The maximum Gasteiger partial charge on any atom is 0.140 e. The Morgan fingerprint density at radius 3 is 1.90 bits per heavy atom. The Hall–Kier alpha value is -3.58. The van der Waals surface area contributed by atoms with Gasteiger partial charge in [-0.05, 0) is 61.3 Å². The van der Waals surface area contributed by atoms with Crippen LogP contribution in [0.4, 0.5) is 0 Å². The highest BCUT2D eigenvalue weighted by atomic mass is 14.2. The molecule has 0 atom stereocenters. The van der Waals surface area contributed by atoms with Gasteiger partial charge in [0, 0.05) is 0 Å². The lowest BCUT2D eigenvalue weighted by Gasteiger charge is -2.12. The lowest BCUT2D eigenvalue weighted by atomic mass is 9.88. The van der Waals surface area contributed by atoms with Crippen LogP contribution in [0, 0.1) is 0 Å². The lowest BCUT2D eigenvalue weighted by molar-refractivity contribution is 1.58. The van der Waals surface area contributed by atoms with Crippen molar-refractivity contribution in [1.29, 1.82) is 0 Å². The maximum atomic E-state index is 2.38. The Kier molecular flexibility index (Phi) is 3.51. The summed E-state index contributed by atoms with van der Waals surface area (Å²) in [6.45, 7) is 0. The summed E-state index contributed by atoms with van der Waals surface area (Å²) in [5, 5.41) is 2.76. The zero-order valence-corrected chi connectivity index (χ0v) is 16.3. The minimum absolute atomic E-state index is 1.25. The van der Waals surface area contributed by atoms with Crippen LogP contribution in [0.25, 0.3) is 55.3 Å².